The summed E-state index contributed by atoms with van der Waals surface area (Å²) in [5.74, 6) is 0.243. The summed E-state index contributed by atoms with van der Waals surface area (Å²) in [5, 5.41) is 3.05. The zero-order chi connectivity index (χ0) is 27.0. The van der Waals surface area contributed by atoms with Crippen LogP contribution in [0.5, 0.6) is 5.75 Å². The van der Waals surface area contributed by atoms with Crippen LogP contribution in [0, 0.1) is 0 Å². The zero-order valence-electron chi connectivity index (χ0n) is 21.6. The van der Waals surface area contributed by atoms with Crippen LogP contribution in [0.4, 0.5) is 5.69 Å². The second kappa shape index (κ2) is 12.4. The molecule has 7 heteroatoms. The monoisotopic (exact) mass is 528 g/mol. The van der Waals surface area contributed by atoms with Crippen LogP contribution in [0.2, 0.25) is 0 Å². The fourth-order valence-corrected chi connectivity index (χ4v) is 5.68. The standard InChI is InChI=1S/C31H32N2O4S/c1-24(17-18-25-11-5-3-6-12-25)32-31(34)29-15-9-10-16-30(29)33(23-26-13-7-4-8-14-26)38(35,36)28-21-19-27(37-2)20-22-28/h3-16,19-22,24H,17-18,23H2,1-2H3,(H,32,34)/t24-/m1/s1. The highest BCUT2D eigenvalue weighted by atomic mass is 32.2. The number of para-hydroxylation sites is 1. The number of carbonyl (C=O) groups is 1. The summed E-state index contributed by atoms with van der Waals surface area (Å²) in [5.41, 5.74) is 2.62. The number of nitrogens with zero attached hydrogens (tertiary/aromatic N) is 1. The van der Waals surface area contributed by atoms with Crippen molar-refractivity contribution >= 4 is 21.6 Å². The van der Waals surface area contributed by atoms with Crippen molar-refractivity contribution in [2.75, 3.05) is 11.4 Å². The smallest absolute Gasteiger partial charge is 0.264 e. The van der Waals surface area contributed by atoms with Crippen molar-refractivity contribution in [2.45, 2.75) is 37.2 Å². The number of aryl methyl sites for hydroxylation is 1. The van der Waals surface area contributed by atoms with Crippen LogP contribution in [0.1, 0.15) is 34.8 Å². The van der Waals surface area contributed by atoms with Gasteiger partial charge in [-0.05, 0) is 67.3 Å². The van der Waals surface area contributed by atoms with E-state index in [0.717, 1.165) is 18.4 Å². The molecule has 4 rings (SSSR count). The first-order chi connectivity index (χ1) is 18.4. The fraction of sp³-hybridized carbons (Fsp3) is 0.194. The molecule has 196 valence electrons. The van der Waals surface area contributed by atoms with Gasteiger partial charge in [0.15, 0.2) is 0 Å². The molecule has 0 unspecified atom stereocenters. The topological polar surface area (TPSA) is 75.7 Å². The summed E-state index contributed by atoms with van der Waals surface area (Å²) in [7, 11) is -2.48. The number of methoxy groups -OCH3 is 1. The van der Waals surface area contributed by atoms with Crippen molar-refractivity contribution in [1.82, 2.24) is 5.32 Å². The summed E-state index contributed by atoms with van der Waals surface area (Å²) >= 11 is 0. The number of carbonyl (C=O) groups excluding carboxylic acids is 1. The molecule has 0 saturated carbocycles. The molecule has 1 atom stereocenters. The minimum Gasteiger partial charge on any atom is -0.497 e. The van der Waals surface area contributed by atoms with Crippen molar-refractivity contribution in [2.24, 2.45) is 0 Å². The van der Waals surface area contributed by atoms with E-state index in [1.165, 1.54) is 29.1 Å². The van der Waals surface area contributed by atoms with Crippen LogP contribution in [0.25, 0.3) is 0 Å². The van der Waals surface area contributed by atoms with Gasteiger partial charge in [0.05, 0.1) is 29.8 Å². The highest BCUT2D eigenvalue weighted by Crippen LogP contribution is 2.30. The third-order valence-electron chi connectivity index (χ3n) is 6.32. The Labute approximate surface area is 225 Å². The lowest BCUT2D eigenvalue weighted by atomic mass is 10.1. The van der Waals surface area contributed by atoms with Crippen molar-refractivity contribution in [3.8, 4) is 5.75 Å². The number of sulfonamides is 1. The molecule has 0 saturated heterocycles. The van der Waals surface area contributed by atoms with E-state index in [4.69, 9.17) is 4.74 Å². The second-order valence-corrected chi connectivity index (χ2v) is 11.0. The van der Waals surface area contributed by atoms with Gasteiger partial charge in [0.1, 0.15) is 5.75 Å². The van der Waals surface area contributed by atoms with Crippen LogP contribution in [0.3, 0.4) is 0 Å². The average molecular weight is 529 g/mol. The van der Waals surface area contributed by atoms with Crippen molar-refractivity contribution in [3.05, 3.63) is 126 Å². The van der Waals surface area contributed by atoms with Gasteiger partial charge in [-0.25, -0.2) is 8.42 Å². The molecule has 0 radical (unpaired) electrons. The number of ether oxygens (including phenoxy) is 1. The van der Waals surface area contributed by atoms with Crippen LogP contribution >= 0.6 is 0 Å². The molecule has 0 aliphatic rings. The minimum atomic E-state index is -4.01. The molecule has 0 aromatic heterocycles. The summed E-state index contributed by atoms with van der Waals surface area (Å²) in [6, 6.07) is 32.4. The average Bonchev–Trinajstić information content (AvgIpc) is 2.96. The van der Waals surface area contributed by atoms with E-state index in [2.05, 4.69) is 17.4 Å². The maximum atomic E-state index is 13.9. The van der Waals surface area contributed by atoms with Gasteiger partial charge in [0, 0.05) is 6.04 Å². The summed E-state index contributed by atoms with van der Waals surface area (Å²) in [4.78, 5) is 13.6. The predicted molar refractivity (Wildman–Crippen MR) is 151 cm³/mol. The Morgan fingerprint density at radius 3 is 2.03 bits per heavy atom. The third kappa shape index (κ3) is 6.61. The summed E-state index contributed by atoms with van der Waals surface area (Å²) in [6.07, 6.45) is 1.59. The molecule has 1 amide bonds. The first-order valence-corrected chi connectivity index (χ1v) is 14.0. The normalized spacial score (nSPS) is 11.9. The first-order valence-electron chi connectivity index (χ1n) is 12.5. The molecule has 0 aliphatic carbocycles. The number of amides is 1. The molecule has 38 heavy (non-hydrogen) atoms. The van der Waals surface area contributed by atoms with Gasteiger partial charge in [0.25, 0.3) is 15.9 Å². The molecule has 1 N–H and O–H groups in total. The largest absolute Gasteiger partial charge is 0.497 e. The third-order valence-corrected chi connectivity index (χ3v) is 8.09. The lowest BCUT2D eigenvalue weighted by Crippen LogP contribution is -2.36. The van der Waals surface area contributed by atoms with Crippen LogP contribution in [-0.2, 0) is 23.0 Å². The van der Waals surface area contributed by atoms with Gasteiger partial charge >= 0.3 is 0 Å². The first kappa shape index (κ1) is 26.9. The number of rotatable bonds is 11. The highest BCUT2D eigenvalue weighted by Gasteiger charge is 2.29. The minimum absolute atomic E-state index is 0.0725. The van der Waals surface area contributed by atoms with Crippen LogP contribution in [-0.4, -0.2) is 27.5 Å². The zero-order valence-corrected chi connectivity index (χ0v) is 22.4. The molecule has 0 aliphatic heterocycles. The van der Waals surface area contributed by atoms with E-state index in [1.54, 1.807) is 36.4 Å². The van der Waals surface area contributed by atoms with Crippen LogP contribution < -0.4 is 14.4 Å². The SMILES string of the molecule is COc1ccc(S(=O)(=O)N(Cc2ccccc2)c2ccccc2C(=O)N[C@H](C)CCc2ccccc2)cc1. The van der Waals surface area contributed by atoms with Crippen molar-refractivity contribution < 1.29 is 17.9 Å². The number of nitrogens with one attached hydrogen (secondary N) is 1. The lowest BCUT2D eigenvalue weighted by molar-refractivity contribution is 0.0939. The molecule has 0 fully saturated rings. The van der Waals surface area contributed by atoms with E-state index in [0.29, 0.717) is 17.0 Å². The van der Waals surface area contributed by atoms with Crippen molar-refractivity contribution in [3.63, 3.8) is 0 Å². The van der Waals surface area contributed by atoms with Crippen molar-refractivity contribution in [1.29, 1.82) is 0 Å². The van der Waals surface area contributed by atoms with E-state index in [9.17, 15) is 13.2 Å². The Hall–Kier alpha value is -4.10. The van der Waals surface area contributed by atoms with Gasteiger partial charge in [-0.15, -0.1) is 0 Å². The number of anilines is 1. The number of hydrogen-bond acceptors (Lipinski definition) is 4. The van der Waals surface area contributed by atoms with E-state index in [1.807, 2.05) is 55.5 Å². The van der Waals surface area contributed by atoms with E-state index >= 15 is 0 Å². The highest BCUT2D eigenvalue weighted by molar-refractivity contribution is 7.92. The molecule has 0 heterocycles. The van der Waals surface area contributed by atoms with Gasteiger partial charge < -0.3 is 10.1 Å². The Kier molecular flexibility index (Phi) is 8.81. The van der Waals surface area contributed by atoms with Gasteiger partial charge in [-0.3, -0.25) is 9.10 Å². The maximum Gasteiger partial charge on any atom is 0.264 e. The molecule has 0 bridgehead atoms. The van der Waals surface area contributed by atoms with E-state index in [-0.39, 0.29) is 23.4 Å². The van der Waals surface area contributed by atoms with E-state index < -0.39 is 10.0 Å². The lowest BCUT2D eigenvalue weighted by Gasteiger charge is -2.27. The Balaban J connectivity index is 1.64. The summed E-state index contributed by atoms with van der Waals surface area (Å²) in [6.45, 7) is 2.03. The van der Waals surface area contributed by atoms with Gasteiger partial charge in [-0.2, -0.15) is 0 Å². The van der Waals surface area contributed by atoms with Crippen LogP contribution in [0.15, 0.2) is 114 Å². The Bertz CT molecular complexity index is 1440. The number of hydrogen-bond donors (Lipinski definition) is 1. The molecule has 4 aromatic rings. The molecule has 4 aromatic carbocycles. The second-order valence-electron chi connectivity index (χ2n) is 9.09. The molecular formula is C31H32N2O4S. The molecule has 0 spiro atoms. The quantitative estimate of drug-likeness (QED) is 0.265. The Morgan fingerprint density at radius 1 is 0.816 bits per heavy atom. The molecule has 6 nitrogen and oxygen atoms in total. The maximum absolute atomic E-state index is 13.9. The predicted octanol–water partition coefficient (Wildman–Crippen LogP) is 5.84. The fourth-order valence-electron chi connectivity index (χ4n) is 4.21. The van der Waals surface area contributed by atoms with Gasteiger partial charge in [0.2, 0.25) is 0 Å². The van der Waals surface area contributed by atoms with Gasteiger partial charge in [-0.1, -0.05) is 72.8 Å². The Morgan fingerprint density at radius 2 is 1.39 bits per heavy atom. The molecular weight excluding hydrogens is 496 g/mol. The summed E-state index contributed by atoms with van der Waals surface area (Å²) < 4.78 is 34.4. The number of benzene rings is 4.